The van der Waals surface area contributed by atoms with E-state index in [0.29, 0.717) is 10.6 Å². The molecule has 4 nitrogen and oxygen atoms in total. The first kappa shape index (κ1) is 14.3. The van der Waals surface area contributed by atoms with Crippen LogP contribution in [0.15, 0.2) is 42.6 Å². The summed E-state index contributed by atoms with van der Waals surface area (Å²) in [6.07, 6.45) is 1.71. The predicted molar refractivity (Wildman–Crippen MR) is 79.1 cm³/mol. The average molecular weight is 291 g/mol. The second-order valence-corrected chi connectivity index (χ2v) is 4.71. The van der Waals surface area contributed by atoms with Crippen molar-refractivity contribution in [3.8, 4) is 0 Å². The van der Waals surface area contributed by atoms with Crippen molar-refractivity contribution in [2.75, 3.05) is 12.4 Å². The zero-order valence-electron chi connectivity index (χ0n) is 11.3. The van der Waals surface area contributed by atoms with E-state index < -0.39 is 0 Å². The highest BCUT2D eigenvalue weighted by atomic mass is 35.5. The first-order valence-corrected chi connectivity index (χ1v) is 6.55. The summed E-state index contributed by atoms with van der Waals surface area (Å²) in [4.78, 5) is 15.6. The molecule has 0 aliphatic carbocycles. The molecule has 0 saturated heterocycles. The van der Waals surface area contributed by atoms with Gasteiger partial charge in [-0.05, 0) is 43.3 Å². The number of esters is 1. The number of carbonyl (C=O) groups is 1. The number of carbonyl (C=O) groups excluding carboxylic acids is 1. The van der Waals surface area contributed by atoms with Gasteiger partial charge in [-0.3, -0.25) is 4.98 Å². The van der Waals surface area contributed by atoms with Crippen LogP contribution in [-0.2, 0) is 4.74 Å². The Morgan fingerprint density at radius 3 is 2.60 bits per heavy atom. The Labute approximate surface area is 122 Å². The average Bonchev–Trinajstić information content (AvgIpc) is 2.47. The van der Waals surface area contributed by atoms with Gasteiger partial charge in [0.15, 0.2) is 0 Å². The Balaban J connectivity index is 2.10. The van der Waals surface area contributed by atoms with Crippen LogP contribution in [0.25, 0.3) is 0 Å². The second kappa shape index (κ2) is 6.39. The summed E-state index contributed by atoms with van der Waals surface area (Å²) in [5.74, 6) is -0.350. The lowest BCUT2D eigenvalue weighted by molar-refractivity contribution is 0.0601. The number of aromatic nitrogens is 1. The number of anilines is 1. The van der Waals surface area contributed by atoms with Gasteiger partial charge < -0.3 is 10.1 Å². The summed E-state index contributed by atoms with van der Waals surface area (Å²) in [5, 5.41) is 3.91. The van der Waals surface area contributed by atoms with E-state index in [1.807, 2.05) is 25.1 Å². The fraction of sp³-hybridized carbons (Fsp3) is 0.200. The van der Waals surface area contributed by atoms with Gasteiger partial charge in [-0.1, -0.05) is 11.6 Å². The molecule has 5 heteroatoms. The number of hydrogen-bond donors (Lipinski definition) is 1. The monoisotopic (exact) mass is 290 g/mol. The fourth-order valence-electron chi connectivity index (χ4n) is 1.86. The van der Waals surface area contributed by atoms with Gasteiger partial charge in [0.1, 0.15) is 0 Å². The van der Waals surface area contributed by atoms with Crippen LogP contribution in [0.4, 0.5) is 5.69 Å². The number of hydrogen-bond acceptors (Lipinski definition) is 4. The summed E-state index contributed by atoms with van der Waals surface area (Å²) in [7, 11) is 1.36. The predicted octanol–water partition coefficient (Wildman–Crippen LogP) is 3.69. The van der Waals surface area contributed by atoms with Crippen molar-refractivity contribution in [1.82, 2.24) is 4.98 Å². The minimum absolute atomic E-state index is 0.0346. The molecule has 0 saturated carbocycles. The molecule has 0 radical (unpaired) electrons. The van der Waals surface area contributed by atoms with Gasteiger partial charge in [-0.25, -0.2) is 4.79 Å². The van der Waals surface area contributed by atoms with Crippen LogP contribution >= 0.6 is 11.6 Å². The second-order valence-electron chi connectivity index (χ2n) is 4.31. The van der Waals surface area contributed by atoms with Gasteiger partial charge in [0.2, 0.25) is 0 Å². The quantitative estimate of drug-likeness (QED) is 0.873. The van der Waals surface area contributed by atoms with Crippen molar-refractivity contribution in [2.24, 2.45) is 0 Å². The Morgan fingerprint density at radius 1 is 1.30 bits per heavy atom. The number of ether oxygens (including phenoxy) is 1. The number of pyridine rings is 1. The van der Waals surface area contributed by atoms with Crippen molar-refractivity contribution in [3.63, 3.8) is 0 Å². The molecule has 104 valence electrons. The molecular weight excluding hydrogens is 276 g/mol. The van der Waals surface area contributed by atoms with Gasteiger partial charge in [0, 0.05) is 11.9 Å². The van der Waals surface area contributed by atoms with Crippen molar-refractivity contribution in [1.29, 1.82) is 0 Å². The molecule has 0 amide bonds. The molecule has 0 spiro atoms. The first-order valence-electron chi connectivity index (χ1n) is 6.17. The van der Waals surface area contributed by atoms with Crippen LogP contribution in [0, 0.1) is 0 Å². The van der Waals surface area contributed by atoms with Crippen LogP contribution in [0.3, 0.4) is 0 Å². The van der Waals surface area contributed by atoms with Crippen molar-refractivity contribution < 1.29 is 9.53 Å². The first-order chi connectivity index (χ1) is 9.61. The molecule has 1 aromatic carbocycles. The summed E-state index contributed by atoms with van der Waals surface area (Å²) >= 11 is 6.11. The molecule has 2 rings (SSSR count). The summed E-state index contributed by atoms with van der Waals surface area (Å²) in [6.45, 7) is 1.97. The molecule has 1 unspecified atom stereocenters. The number of halogens is 1. The maximum absolute atomic E-state index is 11.3. The van der Waals surface area contributed by atoms with Crippen molar-refractivity contribution >= 4 is 23.3 Å². The summed E-state index contributed by atoms with van der Waals surface area (Å²) in [5.41, 5.74) is 2.18. The highest BCUT2D eigenvalue weighted by molar-refractivity contribution is 6.31. The van der Waals surface area contributed by atoms with Gasteiger partial charge in [-0.2, -0.15) is 0 Å². The molecule has 0 bridgehead atoms. The van der Waals surface area contributed by atoms with E-state index in [1.54, 1.807) is 24.4 Å². The van der Waals surface area contributed by atoms with E-state index in [9.17, 15) is 4.79 Å². The lowest BCUT2D eigenvalue weighted by Crippen LogP contribution is -2.09. The van der Waals surface area contributed by atoms with Crippen LogP contribution in [0.5, 0.6) is 0 Å². The topological polar surface area (TPSA) is 51.2 Å². The van der Waals surface area contributed by atoms with Gasteiger partial charge in [0.25, 0.3) is 0 Å². The molecule has 1 aromatic heterocycles. The lowest BCUT2D eigenvalue weighted by Gasteiger charge is -2.16. The molecular formula is C15H15ClN2O2. The standard InChI is InChI=1S/C15H15ClN2O2/c1-10(14-13(16)4-3-9-17-14)18-12-7-5-11(6-8-12)15(19)20-2/h3-10,18H,1-2H3. The molecule has 0 fully saturated rings. The van der Waals surface area contributed by atoms with Gasteiger partial charge in [-0.15, -0.1) is 0 Å². The van der Waals surface area contributed by atoms with Crippen LogP contribution in [0.2, 0.25) is 5.02 Å². The highest BCUT2D eigenvalue weighted by Crippen LogP contribution is 2.23. The Kier molecular flexibility index (Phi) is 4.58. The molecule has 20 heavy (non-hydrogen) atoms. The Bertz CT molecular complexity index is 599. The normalized spacial score (nSPS) is 11.8. The maximum atomic E-state index is 11.3. The number of rotatable bonds is 4. The van der Waals surface area contributed by atoms with Crippen LogP contribution in [0.1, 0.15) is 29.0 Å². The van der Waals surface area contributed by atoms with E-state index in [0.717, 1.165) is 11.4 Å². The smallest absolute Gasteiger partial charge is 0.337 e. The van der Waals surface area contributed by atoms with Crippen molar-refractivity contribution in [2.45, 2.75) is 13.0 Å². The minimum Gasteiger partial charge on any atom is -0.465 e. The van der Waals surface area contributed by atoms with E-state index >= 15 is 0 Å². The van der Waals surface area contributed by atoms with Crippen LogP contribution in [-0.4, -0.2) is 18.1 Å². The Hall–Kier alpha value is -2.07. The van der Waals surface area contributed by atoms with Gasteiger partial charge in [0.05, 0.1) is 29.4 Å². The molecule has 2 aromatic rings. The minimum atomic E-state index is -0.350. The van der Waals surface area contributed by atoms with Gasteiger partial charge >= 0.3 is 5.97 Å². The summed E-state index contributed by atoms with van der Waals surface area (Å²) < 4.78 is 4.66. The fourth-order valence-corrected chi connectivity index (χ4v) is 2.14. The van der Waals surface area contributed by atoms with Crippen LogP contribution < -0.4 is 5.32 Å². The summed E-state index contributed by atoms with van der Waals surface area (Å²) in [6, 6.07) is 10.6. The molecule has 1 heterocycles. The van der Waals surface area contributed by atoms with Crippen molar-refractivity contribution in [3.05, 3.63) is 58.9 Å². The number of nitrogens with zero attached hydrogens (tertiary/aromatic N) is 1. The largest absolute Gasteiger partial charge is 0.465 e. The lowest BCUT2D eigenvalue weighted by atomic mass is 10.1. The third kappa shape index (κ3) is 3.27. The van der Waals surface area contributed by atoms with E-state index in [1.165, 1.54) is 7.11 Å². The molecule has 1 N–H and O–H groups in total. The van der Waals surface area contributed by atoms with E-state index in [-0.39, 0.29) is 12.0 Å². The van der Waals surface area contributed by atoms with E-state index in [2.05, 4.69) is 15.0 Å². The number of methoxy groups -OCH3 is 1. The molecule has 0 aliphatic heterocycles. The Morgan fingerprint density at radius 2 is 2.00 bits per heavy atom. The molecule has 0 aliphatic rings. The number of benzene rings is 1. The maximum Gasteiger partial charge on any atom is 0.337 e. The highest BCUT2D eigenvalue weighted by Gasteiger charge is 2.11. The SMILES string of the molecule is COC(=O)c1ccc(NC(C)c2ncccc2Cl)cc1. The zero-order valence-corrected chi connectivity index (χ0v) is 12.0. The third-order valence-corrected chi connectivity index (χ3v) is 3.21. The zero-order chi connectivity index (χ0) is 14.5. The van der Waals surface area contributed by atoms with E-state index in [4.69, 9.17) is 11.6 Å². The molecule has 1 atom stereocenters. The third-order valence-electron chi connectivity index (χ3n) is 2.89. The number of nitrogens with one attached hydrogen (secondary N) is 1.